The lowest BCUT2D eigenvalue weighted by Crippen LogP contribution is -2.45. The maximum atomic E-state index is 15.1. The first-order chi connectivity index (χ1) is 14.5. The molecule has 6 nitrogen and oxygen atoms in total. The number of rotatable bonds is 5. The number of allylic oxidation sites excluding steroid dienone is 1. The molecule has 8 heteroatoms. The number of benzene rings is 1. The molecule has 1 atom stereocenters. The Hall–Kier alpha value is -2.61. The average molecular weight is 447 g/mol. The quantitative estimate of drug-likeness (QED) is 0.477. The van der Waals surface area contributed by atoms with Gasteiger partial charge in [-0.2, -0.15) is 0 Å². The summed E-state index contributed by atoms with van der Waals surface area (Å²) in [5.74, 6) is -1.80. The molecule has 2 amide bonds. The van der Waals surface area contributed by atoms with E-state index in [0.29, 0.717) is 11.8 Å². The van der Waals surface area contributed by atoms with Gasteiger partial charge in [-0.05, 0) is 69.7 Å². The molecule has 1 aromatic carbocycles. The molecule has 0 radical (unpaired) electrons. The van der Waals surface area contributed by atoms with Crippen molar-refractivity contribution < 1.29 is 23.5 Å². The van der Waals surface area contributed by atoms with Crippen molar-refractivity contribution in [1.82, 2.24) is 4.90 Å². The van der Waals surface area contributed by atoms with Crippen LogP contribution in [0, 0.1) is 5.82 Å². The highest BCUT2D eigenvalue weighted by atomic mass is 32.2. The largest absolute Gasteiger partial charge is 0.467 e. The van der Waals surface area contributed by atoms with Gasteiger partial charge < -0.3 is 9.64 Å². The summed E-state index contributed by atoms with van der Waals surface area (Å²) in [6.07, 6.45) is 4.45. The molecule has 0 spiro atoms. The number of hydrogen-bond donors (Lipinski definition) is 0. The van der Waals surface area contributed by atoms with Crippen LogP contribution in [0.4, 0.5) is 14.9 Å². The maximum Gasteiger partial charge on any atom is 0.328 e. The van der Waals surface area contributed by atoms with Crippen LogP contribution in [0.25, 0.3) is 11.6 Å². The van der Waals surface area contributed by atoms with Crippen LogP contribution < -0.4 is 4.90 Å². The normalized spacial score (nSPS) is 20.1. The molecule has 1 saturated heterocycles. The van der Waals surface area contributed by atoms with Crippen molar-refractivity contribution in [1.29, 1.82) is 0 Å². The monoisotopic (exact) mass is 446 g/mol. The number of fused-ring (bicyclic) bond motifs is 1. The molecule has 0 aliphatic carbocycles. The van der Waals surface area contributed by atoms with Crippen LogP contribution >= 0.6 is 11.8 Å². The Labute approximate surface area is 186 Å². The maximum absolute atomic E-state index is 15.1. The molecule has 166 valence electrons. The van der Waals surface area contributed by atoms with Gasteiger partial charge in [0.1, 0.15) is 11.9 Å². The Bertz CT molecular complexity index is 1020. The number of thioether (sulfide) groups is 1. The minimum atomic E-state index is -1.05. The number of ether oxygens (including phenoxy) is 1. The fourth-order valence-electron chi connectivity index (χ4n) is 4.09. The second kappa shape index (κ2) is 8.49. The third kappa shape index (κ3) is 4.13. The number of nitrogens with zero attached hydrogens (tertiary/aromatic N) is 2. The summed E-state index contributed by atoms with van der Waals surface area (Å²) in [5, 5.41) is -0.584. The number of amides is 2. The zero-order chi connectivity index (χ0) is 23.1. The summed E-state index contributed by atoms with van der Waals surface area (Å²) in [4.78, 5) is 39.9. The van der Waals surface area contributed by atoms with Crippen LogP contribution in [0.5, 0.6) is 0 Å². The van der Waals surface area contributed by atoms with Crippen molar-refractivity contribution in [2.45, 2.75) is 52.6 Å². The zero-order valence-electron chi connectivity index (χ0n) is 18.6. The van der Waals surface area contributed by atoms with Gasteiger partial charge in [-0.1, -0.05) is 13.0 Å². The Kier molecular flexibility index (Phi) is 6.32. The van der Waals surface area contributed by atoms with Crippen LogP contribution in [0.15, 0.2) is 23.1 Å². The van der Waals surface area contributed by atoms with E-state index in [0.717, 1.165) is 34.7 Å². The molecule has 2 heterocycles. The van der Waals surface area contributed by atoms with Crippen LogP contribution in [0.3, 0.4) is 0 Å². The minimum Gasteiger partial charge on any atom is -0.467 e. The van der Waals surface area contributed by atoms with Crippen molar-refractivity contribution in [2.75, 3.05) is 18.6 Å². The van der Waals surface area contributed by atoms with E-state index in [-0.39, 0.29) is 16.0 Å². The molecule has 2 aliphatic rings. The first-order valence-electron chi connectivity index (χ1n) is 10.2. The van der Waals surface area contributed by atoms with Gasteiger partial charge in [0, 0.05) is 23.4 Å². The van der Waals surface area contributed by atoms with E-state index in [1.165, 1.54) is 26.2 Å². The Morgan fingerprint density at radius 3 is 2.61 bits per heavy atom. The molecule has 31 heavy (non-hydrogen) atoms. The molecule has 1 unspecified atom stereocenters. The van der Waals surface area contributed by atoms with Gasteiger partial charge in [0.05, 0.1) is 17.6 Å². The van der Waals surface area contributed by atoms with Gasteiger partial charge in [-0.25, -0.2) is 9.18 Å². The number of esters is 1. The van der Waals surface area contributed by atoms with E-state index >= 15 is 4.39 Å². The third-order valence-corrected chi connectivity index (χ3v) is 6.47. The summed E-state index contributed by atoms with van der Waals surface area (Å²) >= 11 is 0.687. The predicted molar refractivity (Wildman–Crippen MR) is 121 cm³/mol. The Balaban J connectivity index is 2.02. The molecule has 0 N–H and O–H groups in total. The molecule has 0 aromatic heterocycles. The fourth-order valence-corrected chi connectivity index (χ4v) is 4.99. The van der Waals surface area contributed by atoms with Gasteiger partial charge in [-0.15, -0.1) is 0 Å². The molecule has 1 fully saturated rings. The highest BCUT2D eigenvalue weighted by Gasteiger charge is 2.41. The summed E-state index contributed by atoms with van der Waals surface area (Å²) < 4.78 is 19.7. The van der Waals surface area contributed by atoms with E-state index in [4.69, 9.17) is 0 Å². The summed E-state index contributed by atoms with van der Waals surface area (Å²) in [7, 11) is 1.19. The van der Waals surface area contributed by atoms with Gasteiger partial charge in [0.15, 0.2) is 0 Å². The fraction of sp³-hybridized carbons (Fsp3) is 0.435. The summed E-state index contributed by atoms with van der Waals surface area (Å²) in [6, 6.07) is 2.16. The molecule has 0 bridgehead atoms. The Morgan fingerprint density at radius 2 is 2.00 bits per heavy atom. The standard InChI is InChI=1S/C23H27FN2O4S/c1-7-8-25-18-11-17(24)15(9-16(18)13(2)12-23(25,4)5)10-19-20(27)26(22(29)31-19)14(3)21(28)30-6/h9-12,14H,7-8H2,1-6H3/b19-10-. The highest BCUT2D eigenvalue weighted by Crippen LogP contribution is 2.41. The SMILES string of the molecule is CCCN1c2cc(F)c(/C=C3\SC(=O)N(C(C)C(=O)OC)C3=O)cc2C(C)=CC1(C)C. The number of imide groups is 1. The first-order valence-corrected chi connectivity index (χ1v) is 11.0. The Morgan fingerprint density at radius 1 is 1.32 bits per heavy atom. The molecular weight excluding hydrogens is 419 g/mol. The van der Waals surface area contributed by atoms with Crippen molar-refractivity contribution in [2.24, 2.45) is 0 Å². The van der Waals surface area contributed by atoms with Crippen LogP contribution in [0.2, 0.25) is 0 Å². The van der Waals surface area contributed by atoms with E-state index in [1.807, 2.05) is 6.92 Å². The summed E-state index contributed by atoms with van der Waals surface area (Å²) in [6.45, 7) is 10.5. The summed E-state index contributed by atoms with van der Waals surface area (Å²) in [5.41, 5.74) is 2.71. The number of halogens is 1. The third-order valence-electron chi connectivity index (χ3n) is 5.58. The molecule has 2 aliphatic heterocycles. The molecule has 1 aromatic rings. The van der Waals surface area contributed by atoms with Crippen molar-refractivity contribution in [3.63, 3.8) is 0 Å². The molecule has 3 rings (SSSR count). The number of carbonyl (C=O) groups is 3. The number of carbonyl (C=O) groups excluding carboxylic acids is 3. The number of methoxy groups -OCH3 is 1. The lowest BCUT2D eigenvalue weighted by atomic mass is 9.87. The first kappa shape index (κ1) is 23.1. The molecule has 0 saturated carbocycles. The average Bonchev–Trinajstić information content (AvgIpc) is 2.97. The lowest BCUT2D eigenvalue weighted by molar-refractivity contribution is -0.148. The van der Waals surface area contributed by atoms with Crippen molar-refractivity contribution >= 4 is 46.2 Å². The highest BCUT2D eigenvalue weighted by molar-refractivity contribution is 8.18. The van der Waals surface area contributed by atoms with Gasteiger partial charge >= 0.3 is 5.97 Å². The van der Waals surface area contributed by atoms with Crippen molar-refractivity contribution in [3.05, 3.63) is 40.1 Å². The number of hydrogen-bond acceptors (Lipinski definition) is 6. The second-order valence-electron chi connectivity index (χ2n) is 8.27. The van der Waals surface area contributed by atoms with E-state index in [2.05, 4.69) is 36.5 Å². The predicted octanol–water partition coefficient (Wildman–Crippen LogP) is 4.84. The van der Waals surface area contributed by atoms with Crippen molar-refractivity contribution in [3.8, 4) is 0 Å². The number of anilines is 1. The lowest BCUT2D eigenvalue weighted by Gasteiger charge is -2.43. The van der Waals surface area contributed by atoms with Gasteiger partial charge in [-0.3, -0.25) is 14.5 Å². The van der Waals surface area contributed by atoms with E-state index in [1.54, 1.807) is 6.07 Å². The van der Waals surface area contributed by atoms with Gasteiger partial charge in [0.25, 0.3) is 11.1 Å². The zero-order valence-corrected chi connectivity index (χ0v) is 19.4. The van der Waals surface area contributed by atoms with Gasteiger partial charge in [0.2, 0.25) is 0 Å². The van der Waals surface area contributed by atoms with Crippen LogP contribution in [-0.4, -0.2) is 47.3 Å². The molecular formula is C23H27FN2O4S. The van der Waals surface area contributed by atoms with Crippen LogP contribution in [0.1, 0.15) is 52.2 Å². The van der Waals surface area contributed by atoms with Crippen LogP contribution in [-0.2, 0) is 14.3 Å². The smallest absolute Gasteiger partial charge is 0.328 e. The van der Waals surface area contributed by atoms with E-state index in [9.17, 15) is 14.4 Å². The van der Waals surface area contributed by atoms with E-state index < -0.39 is 29.0 Å². The second-order valence-corrected chi connectivity index (χ2v) is 9.27. The minimum absolute atomic E-state index is 0.0720. The topological polar surface area (TPSA) is 66.9 Å².